The zero-order chi connectivity index (χ0) is 22.5. The third kappa shape index (κ3) is 4.39. The molecule has 32 heavy (non-hydrogen) atoms. The molecule has 3 aromatic carbocycles. The number of ketones is 1. The summed E-state index contributed by atoms with van der Waals surface area (Å²) in [5, 5.41) is 3.46. The van der Waals surface area contributed by atoms with E-state index in [0.717, 1.165) is 11.3 Å². The van der Waals surface area contributed by atoms with Gasteiger partial charge in [-0.25, -0.2) is 0 Å². The number of fused-ring (bicyclic) bond motifs is 1. The van der Waals surface area contributed by atoms with Gasteiger partial charge in [-0.3, -0.25) is 9.59 Å². The highest BCUT2D eigenvalue weighted by atomic mass is 16.5. The van der Waals surface area contributed by atoms with Crippen LogP contribution in [0.2, 0.25) is 0 Å². The Labute approximate surface area is 185 Å². The standard InChI is InChI=1S/C26H21NO5/c1-30-19-12-7-17(8-13-19)9-16-23(28)27-24-21-5-3-4-6-22(21)32-26(24)25(29)18-10-14-20(31-2)15-11-18/h3-16H,1-2H3,(H,27,28). The molecule has 0 unspecified atom stereocenters. The Kier molecular flexibility index (Phi) is 6.03. The molecule has 0 aliphatic heterocycles. The molecule has 1 N–H and O–H groups in total. The lowest BCUT2D eigenvalue weighted by Crippen LogP contribution is -2.11. The lowest BCUT2D eigenvalue weighted by Gasteiger charge is -2.05. The van der Waals surface area contributed by atoms with Gasteiger partial charge in [0.25, 0.3) is 0 Å². The maximum atomic E-state index is 13.1. The zero-order valence-electron chi connectivity index (χ0n) is 17.6. The Balaban J connectivity index is 1.62. The van der Waals surface area contributed by atoms with Crippen molar-refractivity contribution in [2.45, 2.75) is 0 Å². The number of furan rings is 1. The third-order valence-corrected chi connectivity index (χ3v) is 4.95. The first-order chi connectivity index (χ1) is 15.6. The van der Waals surface area contributed by atoms with E-state index in [9.17, 15) is 9.59 Å². The predicted molar refractivity (Wildman–Crippen MR) is 123 cm³/mol. The Hall–Kier alpha value is -4.32. The van der Waals surface area contributed by atoms with Crippen molar-refractivity contribution in [3.63, 3.8) is 0 Å². The molecule has 0 radical (unpaired) electrons. The number of ether oxygens (including phenoxy) is 2. The third-order valence-electron chi connectivity index (χ3n) is 4.95. The van der Waals surface area contributed by atoms with Crippen LogP contribution in [0, 0.1) is 0 Å². The van der Waals surface area contributed by atoms with Crippen LogP contribution in [0.1, 0.15) is 21.7 Å². The van der Waals surface area contributed by atoms with Crippen LogP contribution in [-0.2, 0) is 4.79 Å². The summed E-state index contributed by atoms with van der Waals surface area (Å²) in [5.74, 6) is 0.735. The maximum absolute atomic E-state index is 13.1. The minimum absolute atomic E-state index is 0.0718. The molecule has 0 fully saturated rings. The Morgan fingerprint density at radius 1 is 0.844 bits per heavy atom. The van der Waals surface area contributed by atoms with E-state index < -0.39 is 0 Å². The van der Waals surface area contributed by atoms with E-state index in [-0.39, 0.29) is 17.5 Å². The quantitative estimate of drug-likeness (QED) is 0.318. The van der Waals surface area contributed by atoms with Crippen LogP contribution in [0.15, 0.2) is 83.3 Å². The SMILES string of the molecule is COc1ccc(C=CC(=O)Nc2c(C(=O)c3ccc(OC)cc3)oc3ccccc23)cc1. The van der Waals surface area contributed by atoms with Gasteiger partial charge in [-0.15, -0.1) is 0 Å². The number of nitrogens with one attached hydrogen (secondary N) is 1. The van der Waals surface area contributed by atoms with E-state index in [2.05, 4.69) is 5.32 Å². The van der Waals surface area contributed by atoms with Crippen LogP contribution < -0.4 is 14.8 Å². The molecule has 0 aliphatic rings. The largest absolute Gasteiger partial charge is 0.497 e. The number of rotatable bonds is 7. The fraction of sp³-hybridized carbons (Fsp3) is 0.0769. The molecule has 0 spiro atoms. The van der Waals surface area contributed by atoms with E-state index >= 15 is 0 Å². The number of carbonyl (C=O) groups is 2. The molecule has 0 aliphatic carbocycles. The van der Waals surface area contributed by atoms with Crippen molar-refractivity contribution in [2.75, 3.05) is 19.5 Å². The van der Waals surface area contributed by atoms with Crippen molar-refractivity contribution in [1.29, 1.82) is 0 Å². The topological polar surface area (TPSA) is 77.8 Å². The van der Waals surface area contributed by atoms with Gasteiger partial charge in [0.05, 0.1) is 19.9 Å². The van der Waals surface area contributed by atoms with Gasteiger partial charge in [-0.05, 0) is 60.2 Å². The highest BCUT2D eigenvalue weighted by Gasteiger charge is 2.23. The molecule has 1 amide bonds. The zero-order valence-corrected chi connectivity index (χ0v) is 17.6. The summed E-state index contributed by atoms with van der Waals surface area (Å²) in [4.78, 5) is 25.8. The lowest BCUT2D eigenvalue weighted by atomic mass is 10.1. The second-order valence-electron chi connectivity index (χ2n) is 6.96. The fourth-order valence-corrected chi connectivity index (χ4v) is 3.25. The van der Waals surface area contributed by atoms with E-state index in [1.165, 1.54) is 6.08 Å². The van der Waals surface area contributed by atoms with Crippen LogP contribution >= 0.6 is 0 Å². The summed E-state index contributed by atoms with van der Waals surface area (Å²) in [7, 11) is 3.15. The summed E-state index contributed by atoms with van der Waals surface area (Å²) in [5.41, 5.74) is 2.12. The van der Waals surface area contributed by atoms with Crippen molar-refractivity contribution in [3.8, 4) is 11.5 Å². The Morgan fingerprint density at radius 3 is 2.12 bits per heavy atom. The molecule has 1 heterocycles. The molecule has 0 atom stereocenters. The Morgan fingerprint density at radius 2 is 1.47 bits per heavy atom. The molecule has 4 rings (SSSR count). The molecule has 0 saturated carbocycles. The summed E-state index contributed by atoms with van der Waals surface area (Å²) in [6.07, 6.45) is 3.09. The molecular formula is C26H21NO5. The van der Waals surface area contributed by atoms with E-state index in [1.54, 1.807) is 56.7 Å². The highest BCUT2D eigenvalue weighted by Crippen LogP contribution is 2.32. The molecule has 1 aromatic heterocycles. The molecule has 6 nitrogen and oxygen atoms in total. The van der Waals surface area contributed by atoms with Crippen molar-refractivity contribution in [2.24, 2.45) is 0 Å². The van der Waals surface area contributed by atoms with Crippen LogP contribution in [0.5, 0.6) is 11.5 Å². The molecule has 6 heteroatoms. The van der Waals surface area contributed by atoms with Crippen LogP contribution in [-0.4, -0.2) is 25.9 Å². The number of amides is 1. The van der Waals surface area contributed by atoms with Crippen molar-refractivity contribution >= 4 is 34.4 Å². The summed E-state index contributed by atoms with van der Waals surface area (Å²) in [6, 6.07) is 21.2. The van der Waals surface area contributed by atoms with Crippen LogP contribution in [0.25, 0.3) is 17.0 Å². The average molecular weight is 427 g/mol. The number of para-hydroxylation sites is 1. The van der Waals surface area contributed by atoms with Crippen molar-refractivity contribution in [1.82, 2.24) is 0 Å². The summed E-state index contributed by atoms with van der Waals surface area (Å²) >= 11 is 0. The van der Waals surface area contributed by atoms with E-state index in [0.29, 0.717) is 28.0 Å². The predicted octanol–water partition coefficient (Wildman–Crippen LogP) is 5.33. The second-order valence-corrected chi connectivity index (χ2v) is 6.96. The molecule has 0 bridgehead atoms. The fourth-order valence-electron chi connectivity index (χ4n) is 3.25. The van der Waals surface area contributed by atoms with Gasteiger partial charge in [0, 0.05) is 17.0 Å². The number of carbonyl (C=O) groups excluding carboxylic acids is 2. The highest BCUT2D eigenvalue weighted by molar-refractivity contribution is 6.18. The van der Waals surface area contributed by atoms with Crippen molar-refractivity contribution in [3.05, 3.63) is 95.8 Å². The van der Waals surface area contributed by atoms with E-state index in [1.807, 2.05) is 36.4 Å². The second kappa shape index (κ2) is 9.22. The molecule has 0 saturated heterocycles. The van der Waals surface area contributed by atoms with Gasteiger partial charge >= 0.3 is 0 Å². The normalized spacial score (nSPS) is 10.9. The average Bonchev–Trinajstić information content (AvgIpc) is 3.21. The van der Waals surface area contributed by atoms with Gasteiger partial charge in [-0.2, -0.15) is 0 Å². The van der Waals surface area contributed by atoms with Gasteiger partial charge in [-0.1, -0.05) is 24.3 Å². The minimum atomic E-state index is -0.379. The molecular weight excluding hydrogens is 406 g/mol. The first-order valence-electron chi connectivity index (χ1n) is 9.92. The van der Waals surface area contributed by atoms with Gasteiger partial charge in [0.2, 0.25) is 11.7 Å². The minimum Gasteiger partial charge on any atom is -0.497 e. The van der Waals surface area contributed by atoms with Crippen molar-refractivity contribution < 1.29 is 23.5 Å². The molecule has 160 valence electrons. The maximum Gasteiger partial charge on any atom is 0.248 e. The smallest absolute Gasteiger partial charge is 0.248 e. The monoisotopic (exact) mass is 427 g/mol. The van der Waals surface area contributed by atoms with Crippen LogP contribution in [0.3, 0.4) is 0 Å². The Bertz CT molecular complexity index is 1280. The molecule has 4 aromatic rings. The number of hydrogen-bond donors (Lipinski definition) is 1. The first-order valence-corrected chi connectivity index (χ1v) is 9.92. The summed E-state index contributed by atoms with van der Waals surface area (Å²) < 4.78 is 16.1. The van der Waals surface area contributed by atoms with Gasteiger partial charge < -0.3 is 19.2 Å². The number of hydrogen-bond acceptors (Lipinski definition) is 5. The first kappa shape index (κ1) is 20.9. The van der Waals surface area contributed by atoms with E-state index in [4.69, 9.17) is 13.9 Å². The number of methoxy groups -OCH3 is 2. The van der Waals surface area contributed by atoms with Gasteiger partial charge in [0.15, 0.2) is 5.76 Å². The lowest BCUT2D eigenvalue weighted by molar-refractivity contribution is -0.111. The summed E-state index contributed by atoms with van der Waals surface area (Å²) in [6.45, 7) is 0. The van der Waals surface area contributed by atoms with Gasteiger partial charge in [0.1, 0.15) is 17.1 Å². The van der Waals surface area contributed by atoms with Crippen LogP contribution in [0.4, 0.5) is 5.69 Å². The number of benzene rings is 3. The number of anilines is 1.